The second-order valence-corrected chi connectivity index (χ2v) is 5.42. The van der Waals surface area contributed by atoms with E-state index in [-0.39, 0.29) is 24.3 Å². The van der Waals surface area contributed by atoms with Crippen molar-refractivity contribution >= 4 is 28.7 Å². The number of aromatic carboxylic acids is 1. The molecule has 0 unspecified atom stereocenters. The smallest absolute Gasteiger partial charge is 0.339 e. The van der Waals surface area contributed by atoms with Crippen molar-refractivity contribution in [3.8, 4) is 0 Å². The summed E-state index contributed by atoms with van der Waals surface area (Å²) in [5.74, 6) is -2.43. The first-order valence-electron chi connectivity index (χ1n) is 7.66. The average Bonchev–Trinajstić information content (AvgIpc) is 2.59. The molecular weight excluding hydrogens is 324 g/mol. The van der Waals surface area contributed by atoms with Gasteiger partial charge in [-0.25, -0.2) is 14.4 Å². The van der Waals surface area contributed by atoms with Crippen molar-refractivity contribution in [2.24, 2.45) is 0 Å². The molecule has 0 atom stereocenters. The fraction of sp³-hybridized carbons (Fsp3) is 0.211. The normalized spacial score (nSPS) is 10.3. The minimum absolute atomic E-state index is 0.00455. The third-order valence-electron chi connectivity index (χ3n) is 3.47. The lowest BCUT2D eigenvalue weighted by molar-refractivity contribution is -0.139. The largest absolute Gasteiger partial charge is 0.478 e. The summed E-state index contributed by atoms with van der Waals surface area (Å²) in [4.78, 5) is 35.0. The van der Waals surface area contributed by atoms with Gasteiger partial charge in [0.2, 0.25) is 0 Å². The van der Waals surface area contributed by atoms with E-state index in [1.54, 1.807) is 30.3 Å². The second kappa shape index (κ2) is 8.10. The van der Waals surface area contributed by atoms with Crippen molar-refractivity contribution in [1.82, 2.24) is 0 Å². The van der Waals surface area contributed by atoms with Crippen LogP contribution in [0, 0.1) is 0 Å². The molecule has 130 valence electrons. The monoisotopic (exact) mass is 342 g/mol. The molecule has 2 aromatic carbocycles. The fourth-order valence-electron chi connectivity index (χ4n) is 2.25. The highest BCUT2D eigenvalue weighted by Crippen LogP contribution is 2.23. The van der Waals surface area contributed by atoms with Crippen molar-refractivity contribution in [3.63, 3.8) is 0 Å². The molecule has 1 N–H and O–H groups in total. The van der Waals surface area contributed by atoms with Gasteiger partial charge in [0.1, 0.15) is 0 Å². The van der Waals surface area contributed by atoms with Crippen LogP contribution in [0.4, 0.5) is 0 Å². The highest BCUT2D eigenvalue weighted by Gasteiger charge is 2.20. The Balaban J connectivity index is 2.08. The summed E-state index contributed by atoms with van der Waals surface area (Å²) >= 11 is 0. The molecule has 6 heteroatoms. The fourth-order valence-corrected chi connectivity index (χ4v) is 2.25. The van der Waals surface area contributed by atoms with Crippen LogP contribution >= 0.6 is 0 Å². The van der Waals surface area contributed by atoms with Crippen LogP contribution in [0.5, 0.6) is 0 Å². The number of hydrogen-bond acceptors (Lipinski definition) is 5. The van der Waals surface area contributed by atoms with Gasteiger partial charge in [0.05, 0.1) is 24.3 Å². The minimum atomic E-state index is -1.20. The molecule has 0 heterocycles. The zero-order chi connectivity index (χ0) is 18.4. The molecule has 25 heavy (non-hydrogen) atoms. The van der Waals surface area contributed by atoms with E-state index in [0.717, 1.165) is 5.39 Å². The predicted molar refractivity (Wildman–Crippen MR) is 91.6 cm³/mol. The average molecular weight is 342 g/mol. The lowest BCUT2D eigenvalue weighted by Gasteiger charge is -2.11. The Hall–Kier alpha value is -3.15. The number of rotatable bonds is 7. The van der Waals surface area contributed by atoms with Gasteiger partial charge in [0.25, 0.3) is 0 Å². The first kappa shape index (κ1) is 18.2. The van der Waals surface area contributed by atoms with Crippen LogP contribution in [-0.4, -0.2) is 36.2 Å². The van der Waals surface area contributed by atoms with Gasteiger partial charge in [0.15, 0.2) is 0 Å². The van der Waals surface area contributed by atoms with E-state index in [4.69, 9.17) is 9.47 Å². The van der Waals surface area contributed by atoms with Crippen LogP contribution in [0.1, 0.15) is 34.1 Å². The SMILES string of the molecule is C=C(C)C(=O)OCCCOC(=O)c1c(C(=O)O)ccc2ccccc12. The van der Waals surface area contributed by atoms with Gasteiger partial charge >= 0.3 is 17.9 Å². The molecule has 0 amide bonds. The number of carbonyl (C=O) groups is 3. The zero-order valence-electron chi connectivity index (χ0n) is 13.8. The Morgan fingerprint density at radius 3 is 2.40 bits per heavy atom. The van der Waals surface area contributed by atoms with E-state index in [2.05, 4.69) is 6.58 Å². The molecule has 0 spiro atoms. The van der Waals surface area contributed by atoms with Crippen LogP contribution in [0.25, 0.3) is 10.8 Å². The van der Waals surface area contributed by atoms with Gasteiger partial charge < -0.3 is 14.6 Å². The van der Waals surface area contributed by atoms with E-state index in [9.17, 15) is 19.5 Å². The molecule has 6 nitrogen and oxygen atoms in total. The predicted octanol–water partition coefficient (Wildman–Crippen LogP) is 3.20. The van der Waals surface area contributed by atoms with Crippen molar-refractivity contribution in [2.45, 2.75) is 13.3 Å². The highest BCUT2D eigenvalue weighted by atomic mass is 16.5. The van der Waals surface area contributed by atoms with Crippen molar-refractivity contribution in [3.05, 3.63) is 59.7 Å². The number of carboxylic acids is 1. The second-order valence-electron chi connectivity index (χ2n) is 5.42. The minimum Gasteiger partial charge on any atom is -0.478 e. The van der Waals surface area contributed by atoms with Crippen LogP contribution in [0.2, 0.25) is 0 Å². The van der Waals surface area contributed by atoms with Gasteiger partial charge in [-0.15, -0.1) is 0 Å². The van der Waals surface area contributed by atoms with E-state index >= 15 is 0 Å². The van der Waals surface area contributed by atoms with Gasteiger partial charge in [0, 0.05) is 12.0 Å². The Morgan fingerprint density at radius 1 is 1.04 bits per heavy atom. The highest BCUT2D eigenvalue weighted by molar-refractivity contribution is 6.12. The summed E-state index contributed by atoms with van der Waals surface area (Å²) in [6.45, 7) is 5.09. The molecule has 0 saturated carbocycles. The standard InChI is InChI=1S/C19H18O6/c1-12(2)18(22)24-10-5-11-25-19(23)16-14-7-4-3-6-13(14)8-9-15(16)17(20)21/h3-4,6-9H,1,5,10-11H2,2H3,(H,20,21). The van der Waals surface area contributed by atoms with Crippen molar-refractivity contribution < 1.29 is 29.0 Å². The van der Waals surface area contributed by atoms with E-state index in [1.165, 1.54) is 13.0 Å². The molecule has 0 radical (unpaired) electrons. The molecule has 0 aromatic heterocycles. The maximum Gasteiger partial charge on any atom is 0.339 e. The van der Waals surface area contributed by atoms with Crippen molar-refractivity contribution in [2.75, 3.05) is 13.2 Å². The number of ether oxygens (including phenoxy) is 2. The van der Waals surface area contributed by atoms with Gasteiger partial charge in [-0.1, -0.05) is 36.9 Å². The molecule has 0 saturated heterocycles. The molecule has 0 fully saturated rings. The maximum absolute atomic E-state index is 12.4. The summed E-state index contributed by atoms with van der Waals surface area (Å²) < 4.78 is 10.1. The summed E-state index contributed by atoms with van der Waals surface area (Å²) in [5.41, 5.74) is 0.195. The number of hydrogen-bond donors (Lipinski definition) is 1. The lowest BCUT2D eigenvalue weighted by atomic mass is 9.99. The van der Waals surface area contributed by atoms with E-state index in [1.807, 2.05) is 0 Å². The quantitative estimate of drug-likeness (QED) is 0.472. The van der Waals surface area contributed by atoms with E-state index < -0.39 is 17.9 Å². The Labute approximate surface area is 144 Å². The third kappa shape index (κ3) is 4.44. The third-order valence-corrected chi connectivity index (χ3v) is 3.47. The van der Waals surface area contributed by atoms with Gasteiger partial charge in [-0.05, 0) is 23.8 Å². The molecule has 2 aromatic rings. The lowest BCUT2D eigenvalue weighted by Crippen LogP contribution is -2.14. The molecule has 0 aliphatic rings. The summed E-state index contributed by atoms with van der Waals surface area (Å²) in [7, 11) is 0. The topological polar surface area (TPSA) is 89.9 Å². The number of benzene rings is 2. The van der Waals surface area contributed by atoms with Gasteiger partial charge in [-0.3, -0.25) is 0 Å². The van der Waals surface area contributed by atoms with Crippen molar-refractivity contribution in [1.29, 1.82) is 0 Å². The summed E-state index contributed by atoms with van der Waals surface area (Å²) in [6, 6.07) is 10.0. The maximum atomic E-state index is 12.4. The zero-order valence-corrected chi connectivity index (χ0v) is 13.8. The Morgan fingerprint density at radius 2 is 1.72 bits per heavy atom. The summed E-state index contributed by atoms with van der Waals surface area (Å²) in [6.07, 6.45) is 0.304. The molecule has 0 bridgehead atoms. The summed E-state index contributed by atoms with van der Waals surface area (Å²) in [5, 5.41) is 10.6. The van der Waals surface area contributed by atoms with Crippen LogP contribution < -0.4 is 0 Å². The molecule has 0 aliphatic carbocycles. The Bertz CT molecular complexity index is 837. The van der Waals surface area contributed by atoms with E-state index in [0.29, 0.717) is 17.4 Å². The van der Waals surface area contributed by atoms with Crippen LogP contribution in [-0.2, 0) is 14.3 Å². The first-order chi connectivity index (χ1) is 11.9. The molecular formula is C19H18O6. The Kier molecular flexibility index (Phi) is 5.89. The number of fused-ring (bicyclic) bond motifs is 1. The molecule has 0 aliphatic heterocycles. The number of carboxylic acid groups (broad SMARTS) is 1. The van der Waals surface area contributed by atoms with Crippen LogP contribution in [0.3, 0.4) is 0 Å². The number of esters is 2. The number of carbonyl (C=O) groups excluding carboxylic acids is 2. The van der Waals surface area contributed by atoms with Crippen LogP contribution in [0.15, 0.2) is 48.6 Å². The van der Waals surface area contributed by atoms with Gasteiger partial charge in [-0.2, -0.15) is 0 Å². The first-order valence-corrected chi connectivity index (χ1v) is 7.66. The molecule has 2 rings (SSSR count).